The van der Waals surface area contributed by atoms with Crippen molar-refractivity contribution in [2.24, 2.45) is 10.7 Å². The second-order valence-electron chi connectivity index (χ2n) is 8.33. The van der Waals surface area contributed by atoms with Crippen molar-refractivity contribution in [3.63, 3.8) is 0 Å². The van der Waals surface area contributed by atoms with E-state index in [1.165, 1.54) is 0 Å². The molecular weight excluding hydrogens is 482 g/mol. The van der Waals surface area contributed by atoms with Crippen LogP contribution in [-0.2, 0) is 11.3 Å². The van der Waals surface area contributed by atoms with Gasteiger partial charge >= 0.3 is 5.97 Å². The summed E-state index contributed by atoms with van der Waals surface area (Å²) in [6.45, 7) is 0.454. The summed E-state index contributed by atoms with van der Waals surface area (Å²) in [5.41, 5.74) is 9.17. The third-order valence-electron chi connectivity index (χ3n) is 5.51. The number of pyridine rings is 1. The highest BCUT2D eigenvalue weighted by Crippen LogP contribution is 2.31. The van der Waals surface area contributed by atoms with E-state index in [4.69, 9.17) is 10.5 Å². The molecule has 192 valence electrons. The van der Waals surface area contributed by atoms with Crippen LogP contribution in [0.5, 0.6) is 5.75 Å². The van der Waals surface area contributed by atoms with Crippen molar-refractivity contribution in [1.82, 2.24) is 4.98 Å². The number of carboxylic acid groups (broad SMARTS) is 1. The van der Waals surface area contributed by atoms with Gasteiger partial charge in [-0.25, -0.2) is 4.99 Å². The van der Waals surface area contributed by atoms with Crippen LogP contribution in [0.1, 0.15) is 34.0 Å². The number of ether oxygens (including phenoxy) is 1. The lowest BCUT2D eigenvalue weighted by molar-refractivity contribution is -0.138. The van der Waals surface area contributed by atoms with Gasteiger partial charge in [-0.2, -0.15) is 0 Å². The maximum absolute atomic E-state index is 13.0. The normalized spacial score (nSPS) is 11.8. The van der Waals surface area contributed by atoms with Crippen LogP contribution in [0.3, 0.4) is 0 Å². The molecule has 0 saturated carbocycles. The van der Waals surface area contributed by atoms with Gasteiger partial charge in [0, 0.05) is 29.2 Å². The summed E-state index contributed by atoms with van der Waals surface area (Å²) in [5.74, 6) is -0.757. The lowest BCUT2D eigenvalue weighted by Crippen LogP contribution is -2.22. The van der Waals surface area contributed by atoms with Crippen molar-refractivity contribution in [2.75, 3.05) is 10.6 Å². The van der Waals surface area contributed by atoms with E-state index in [2.05, 4.69) is 20.6 Å². The Kier molecular flexibility index (Phi) is 8.64. The molecule has 1 heterocycles. The zero-order valence-electron chi connectivity index (χ0n) is 20.5. The van der Waals surface area contributed by atoms with Gasteiger partial charge in [-0.15, -0.1) is 0 Å². The molecule has 0 aliphatic rings. The van der Waals surface area contributed by atoms with Gasteiger partial charge in [0.2, 0.25) is 0 Å². The van der Waals surface area contributed by atoms with Gasteiger partial charge in [0.1, 0.15) is 11.9 Å². The average molecular weight is 510 g/mol. The molecule has 0 saturated heterocycles. The first-order valence-corrected chi connectivity index (χ1v) is 11.9. The SMILES string of the molecule is NC(=NCc1ccccc1)Nc1ccc(C(=O)Nc2ccccc2OC(CC(=O)O)c2cccnc2)cc1. The zero-order valence-corrected chi connectivity index (χ0v) is 20.5. The molecule has 4 rings (SSSR count). The molecule has 38 heavy (non-hydrogen) atoms. The van der Waals surface area contributed by atoms with Crippen molar-refractivity contribution in [1.29, 1.82) is 0 Å². The zero-order chi connectivity index (χ0) is 26.7. The Labute approximate surface area is 220 Å². The van der Waals surface area contributed by atoms with Crippen LogP contribution in [0.15, 0.2) is 108 Å². The molecular formula is C29H27N5O4. The van der Waals surface area contributed by atoms with E-state index in [9.17, 15) is 14.7 Å². The molecule has 9 nitrogen and oxygen atoms in total. The van der Waals surface area contributed by atoms with E-state index in [0.717, 1.165) is 5.56 Å². The van der Waals surface area contributed by atoms with Gasteiger partial charge < -0.3 is 26.2 Å². The number of carbonyl (C=O) groups is 2. The largest absolute Gasteiger partial charge is 0.483 e. The number of carbonyl (C=O) groups excluding carboxylic acids is 1. The maximum Gasteiger partial charge on any atom is 0.307 e. The molecule has 5 N–H and O–H groups in total. The number of guanidine groups is 1. The molecule has 9 heteroatoms. The van der Waals surface area contributed by atoms with Crippen molar-refractivity contribution >= 4 is 29.2 Å². The smallest absolute Gasteiger partial charge is 0.307 e. The van der Waals surface area contributed by atoms with E-state index in [1.807, 2.05) is 30.3 Å². The number of aliphatic carboxylic acids is 1. The summed E-state index contributed by atoms with van der Waals surface area (Å²) < 4.78 is 6.02. The molecule has 4 aromatic rings. The van der Waals surface area contributed by atoms with Crippen LogP contribution < -0.4 is 21.1 Å². The molecule has 0 radical (unpaired) electrons. The Morgan fingerprint density at radius 2 is 1.66 bits per heavy atom. The Balaban J connectivity index is 1.41. The monoisotopic (exact) mass is 509 g/mol. The molecule has 0 aliphatic carbocycles. The molecule has 1 aromatic heterocycles. The Morgan fingerprint density at radius 1 is 0.921 bits per heavy atom. The number of aliphatic imine (C=N–C) groups is 1. The van der Waals surface area contributed by atoms with E-state index < -0.39 is 12.1 Å². The first-order chi connectivity index (χ1) is 18.5. The standard InChI is InChI=1S/C29H27N5O4/c30-29(32-18-20-7-2-1-3-8-20)33-23-14-12-21(13-15-23)28(37)34-24-10-4-5-11-25(24)38-26(17-27(35)36)22-9-6-16-31-19-22/h1-16,19,26H,17-18H2,(H,34,37)(H,35,36)(H3,30,32,33). The minimum Gasteiger partial charge on any atom is -0.483 e. The van der Waals surface area contributed by atoms with Gasteiger partial charge in [0.05, 0.1) is 18.7 Å². The Bertz CT molecular complexity index is 1390. The molecule has 1 unspecified atom stereocenters. The number of benzene rings is 3. The van der Waals surface area contributed by atoms with Crippen LogP contribution in [0.25, 0.3) is 0 Å². The summed E-state index contributed by atoms with van der Waals surface area (Å²) >= 11 is 0. The minimum absolute atomic E-state index is 0.264. The third kappa shape index (κ3) is 7.41. The second-order valence-corrected chi connectivity index (χ2v) is 8.33. The summed E-state index contributed by atoms with van der Waals surface area (Å²) in [5, 5.41) is 15.2. The Morgan fingerprint density at radius 3 is 2.37 bits per heavy atom. The fraction of sp³-hybridized carbons (Fsp3) is 0.103. The van der Waals surface area contributed by atoms with Crippen molar-refractivity contribution in [3.05, 3.63) is 120 Å². The minimum atomic E-state index is -1.01. The van der Waals surface area contributed by atoms with Gasteiger partial charge in [-0.1, -0.05) is 48.5 Å². The number of hydrogen-bond acceptors (Lipinski definition) is 5. The topological polar surface area (TPSA) is 139 Å². The number of para-hydroxylation sites is 2. The highest BCUT2D eigenvalue weighted by Gasteiger charge is 2.20. The summed E-state index contributed by atoms with van der Waals surface area (Å²) in [6, 6.07) is 26.9. The van der Waals surface area contributed by atoms with Crippen LogP contribution in [-0.4, -0.2) is 27.9 Å². The number of rotatable bonds is 10. The molecule has 0 bridgehead atoms. The van der Waals surface area contributed by atoms with E-state index in [1.54, 1.807) is 73.1 Å². The fourth-order valence-corrected chi connectivity index (χ4v) is 3.63. The number of nitrogens with one attached hydrogen (secondary N) is 2. The van der Waals surface area contributed by atoms with Crippen molar-refractivity contribution < 1.29 is 19.4 Å². The molecule has 0 spiro atoms. The second kappa shape index (κ2) is 12.7. The van der Waals surface area contributed by atoms with Gasteiger partial charge in [0.15, 0.2) is 5.96 Å². The number of amides is 1. The number of carboxylic acids is 1. The molecule has 1 amide bonds. The fourth-order valence-electron chi connectivity index (χ4n) is 3.63. The van der Waals surface area contributed by atoms with E-state index in [-0.39, 0.29) is 18.3 Å². The highest BCUT2D eigenvalue weighted by molar-refractivity contribution is 6.05. The number of aromatic nitrogens is 1. The summed E-state index contributed by atoms with van der Waals surface area (Å²) in [4.78, 5) is 32.8. The molecule has 1 atom stereocenters. The van der Waals surface area contributed by atoms with Gasteiger partial charge in [-0.3, -0.25) is 14.6 Å². The molecule has 3 aromatic carbocycles. The van der Waals surface area contributed by atoms with Crippen molar-refractivity contribution in [2.45, 2.75) is 19.1 Å². The molecule has 0 fully saturated rings. The maximum atomic E-state index is 13.0. The van der Waals surface area contributed by atoms with E-state index >= 15 is 0 Å². The lowest BCUT2D eigenvalue weighted by Gasteiger charge is -2.20. The predicted octanol–water partition coefficient (Wildman–Crippen LogP) is 4.86. The first-order valence-electron chi connectivity index (χ1n) is 11.9. The van der Waals surface area contributed by atoms with Crippen LogP contribution in [0.2, 0.25) is 0 Å². The van der Waals surface area contributed by atoms with Gasteiger partial charge in [-0.05, 0) is 48.0 Å². The Hall–Kier alpha value is -5.18. The third-order valence-corrected chi connectivity index (χ3v) is 5.51. The summed E-state index contributed by atoms with van der Waals surface area (Å²) in [6.07, 6.45) is 2.12. The van der Waals surface area contributed by atoms with Crippen molar-refractivity contribution in [3.8, 4) is 5.75 Å². The first kappa shape index (κ1) is 25.9. The number of hydrogen-bond donors (Lipinski definition) is 4. The average Bonchev–Trinajstić information content (AvgIpc) is 2.94. The summed E-state index contributed by atoms with van der Waals surface area (Å²) in [7, 11) is 0. The van der Waals surface area contributed by atoms with Gasteiger partial charge in [0.25, 0.3) is 5.91 Å². The number of anilines is 2. The lowest BCUT2D eigenvalue weighted by atomic mass is 10.1. The number of nitrogens with two attached hydrogens (primary N) is 1. The van der Waals surface area contributed by atoms with E-state index in [0.29, 0.717) is 34.8 Å². The van der Waals surface area contributed by atoms with Crippen LogP contribution >= 0.6 is 0 Å². The molecule has 0 aliphatic heterocycles. The van der Waals surface area contributed by atoms with Crippen LogP contribution in [0, 0.1) is 0 Å². The van der Waals surface area contributed by atoms with Crippen LogP contribution in [0.4, 0.5) is 11.4 Å². The quantitative estimate of drug-likeness (QED) is 0.177. The predicted molar refractivity (Wildman–Crippen MR) is 146 cm³/mol. The highest BCUT2D eigenvalue weighted by atomic mass is 16.5. The number of nitrogens with zero attached hydrogens (tertiary/aromatic N) is 2.